The van der Waals surface area contributed by atoms with Gasteiger partial charge in [-0.1, -0.05) is 6.07 Å². The average molecular weight is 433 g/mol. The Kier molecular flexibility index (Phi) is 6.23. The van der Waals surface area contributed by atoms with Gasteiger partial charge in [-0.25, -0.2) is 4.98 Å². The molecule has 1 amide bonds. The summed E-state index contributed by atoms with van der Waals surface area (Å²) >= 11 is 3.46. The summed E-state index contributed by atoms with van der Waals surface area (Å²) in [5.74, 6) is 2.14. The van der Waals surface area contributed by atoms with E-state index in [1.165, 1.54) is 6.33 Å². The van der Waals surface area contributed by atoms with E-state index >= 15 is 0 Å². The van der Waals surface area contributed by atoms with E-state index < -0.39 is 0 Å². The lowest BCUT2D eigenvalue weighted by molar-refractivity contribution is -0.120. The number of carbonyl (C=O) groups is 1. The van der Waals surface area contributed by atoms with Crippen molar-refractivity contribution in [3.8, 4) is 5.75 Å². The van der Waals surface area contributed by atoms with Crippen molar-refractivity contribution < 1.29 is 9.53 Å². The molecule has 0 aliphatic carbocycles. The van der Waals surface area contributed by atoms with Gasteiger partial charge in [-0.15, -0.1) is 0 Å². The molecular formula is C18H21BrN6O2. The molecule has 3 rings (SSSR count). The van der Waals surface area contributed by atoms with Gasteiger partial charge in [-0.3, -0.25) is 4.79 Å². The Bertz CT molecular complexity index is 943. The molecular weight excluding hydrogens is 412 g/mol. The molecule has 3 aromatic rings. The summed E-state index contributed by atoms with van der Waals surface area (Å²) in [6.45, 7) is 3.00. The molecule has 142 valence electrons. The molecule has 0 spiro atoms. The van der Waals surface area contributed by atoms with Crippen LogP contribution in [0.5, 0.6) is 5.75 Å². The van der Waals surface area contributed by atoms with E-state index in [4.69, 9.17) is 4.74 Å². The molecule has 0 unspecified atom stereocenters. The van der Waals surface area contributed by atoms with Crippen LogP contribution in [0.25, 0.3) is 5.78 Å². The minimum Gasteiger partial charge on any atom is -0.496 e. The molecule has 0 saturated heterocycles. The van der Waals surface area contributed by atoms with Gasteiger partial charge in [-0.2, -0.15) is 14.6 Å². The molecule has 8 nitrogen and oxygen atoms in total. The zero-order chi connectivity index (χ0) is 19.2. The molecule has 0 aliphatic heterocycles. The number of fused-ring (bicyclic) bond motifs is 1. The third kappa shape index (κ3) is 4.94. The van der Waals surface area contributed by atoms with Gasteiger partial charge in [0.1, 0.15) is 17.9 Å². The van der Waals surface area contributed by atoms with Crippen LogP contribution in [0.4, 0.5) is 5.82 Å². The normalized spacial score (nSPS) is 10.8. The van der Waals surface area contributed by atoms with Crippen LogP contribution in [0.1, 0.15) is 17.7 Å². The first-order valence-corrected chi connectivity index (χ1v) is 9.36. The van der Waals surface area contributed by atoms with Crippen molar-refractivity contribution in [2.75, 3.05) is 25.5 Å². The van der Waals surface area contributed by atoms with Crippen molar-refractivity contribution in [1.29, 1.82) is 0 Å². The van der Waals surface area contributed by atoms with Gasteiger partial charge >= 0.3 is 0 Å². The third-order valence-corrected chi connectivity index (χ3v) is 4.61. The van der Waals surface area contributed by atoms with E-state index in [-0.39, 0.29) is 5.91 Å². The van der Waals surface area contributed by atoms with Crippen molar-refractivity contribution >= 4 is 33.4 Å². The Morgan fingerprint density at radius 1 is 1.30 bits per heavy atom. The smallest absolute Gasteiger partial charge is 0.254 e. The van der Waals surface area contributed by atoms with E-state index in [0.717, 1.165) is 27.3 Å². The van der Waals surface area contributed by atoms with Crippen LogP contribution in [0.2, 0.25) is 0 Å². The molecule has 0 aliphatic rings. The summed E-state index contributed by atoms with van der Waals surface area (Å²) in [4.78, 5) is 20.4. The maximum absolute atomic E-state index is 12.0. The van der Waals surface area contributed by atoms with Crippen LogP contribution < -0.4 is 15.4 Å². The summed E-state index contributed by atoms with van der Waals surface area (Å²) in [7, 11) is 1.63. The van der Waals surface area contributed by atoms with E-state index in [0.29, 0.717) is 31.7 Å². The Hall–Kier alpha value is -2.68. The number of carbonyl (C=O) groups excluding carboxylic acids is 1. The van der Waals surface area contributed by atoms with Crippen molar-refractivity contribution in [3.05, 3.63) is 46.3 Å². The first-order valence-electron chi connectivity index (χ1n) is 8.57. The topological polar surface area (TPSA) is 93.4 Å². The van der Waals surface area contributed by atoms with Gasteiger partial charge in [-0.05, 0) is 47.0 Å². The molecule has 27 heavy (non-hydrogen) atoms. The number of benzene rings is 1. The van der Waals surface area contributed by atoms with E-state index in [9.17, 15) is 4.79 Å². The number of nitrogens with zero attached hydrogens (tertiary/aromatic N) is 4. The van der Waals surface area contributed by atoms with Gasteiger partial charge in [0.2, 0.25) is 5.91 Å². The quantitative estimate of drug-likeness (QED) is 0.530. The second-order valence-electron chi connectivity index (χ2n) is 6.00. The number of rotatable bonds is 8. The third-order valence-electron chi connectivity index (χ3n) is 3.99. The fraction of sp³-hybridized carbons (Fsp3) is 0.333. The number of aryl methyl sites for hydroxylation is 2. The Labute approximate surface area is 165 Å². The van der Waals surface area contributed by atoms with Crippen LogP contribution in [0, 0.1) is 6.92 Å². The molecule has 9 heteroatoms. The summed E-state index contributed by atoms with van der Waals surface area (Å²) in [5.41, 5.74) is 1.93. The number of methoxy groups -OCH3 is 1. The first-order chi connectivity index (χ1) is 13.1. The highest BCUT2D eigenvalue weighted by molar-refractivity contribution is 9.10. The number of aromatic nitrogens is 4. The number of hydrogen-bond acceptors (Lipinski definition) is 6. The minimum absolute atomic E-state index is 0.0144. The largest absolute Gasteiger partial charge is 0.496 e. The SMILES string of the molecule is COc1ccc(CCC(=O)NCCNc2cc(C)nc3ncnn23)cc1Br. The van der Waals surface area contributed by atoms with Gasteiger partial charge in [0.25, 0.3) is 5.78 Å². The summed E-state index contributed by atoms with van der Waals surface area (Å²) in [5, 5.41) is 10.3. The summed E-state index contributed by atoms with van der Waals surface area (Å²) in [6, 6.07) is 7.73. The molecule has 2 heterocycles. The second kappa shape index (κ2) is 8.81. The lowest BCUT2D eigenvalue weighted by atomic mass is 10.1. The number of hydrogen-bond donors (Lipinski definition) is 2. The Balaban J connectivity index is 1.43. The van der Waals surface area contributed by atoms with Crippen molar-refractivity contribution in [1.82, 2.24) is 24.9 Å². The van der Waals surface area contributed by atoms with Gasteiger partial charge in [0.15, 0.2) is 0 Å². The van der Waals surface area contributed by atoms with Gasteiger partial charge in [0, 0.05) is 31.3 Å². The molecule has 1 aromatic carbocycles. The van der Waals surface area contributed by atoms with Crippen LogP contribution in [0.15, 0.2) is 35.1 Å². The zero-order valence-electron chi connectivity index (χ0n) is 15.2. The summed E-state index contributed by atoms with van der Waals surface area (Å²) < 4.78 is 7.73. The standard InChI is InChI=1S/C18H21BrN6O2/c1-12-9-16(25-18(24-12)22-11-23-25)20-7-8-21-17(26)6-4-13-3-5-15(27-2)14(19)10-13/h3,5,9-11,20H,4,6-8H2,1-2H3,(H,21,26). The second-order valence-corrected chi connectivity index (χ2v) is 6.85. The summed E-state index contributed by atoms with van der Waals surface area (Å²) in [6.07, 6.45) is 2.57. The number of anilines is 1. The highest BCUT2D eigenvalue weighted by Crippen LogP contribution is 2.25. The first kappa shape index (κ1) is 19.1. The van der Waals surface area contributed by atoms with Crippen molar-refractivity contribution in [2.45, 2.75) is 19.8 Å². The van der Waals surface area contributed by atoms with Gasteiger partial charge in [0.05, 0.1) is 11.6 Å². The van der Waals surface area contributed by atoms with E-state index in [1.807, 2.05) is 31.2 Å². The lowest BCUT2D eigenvalue weighted by Crippen LogP contribution is -2.29. The van der Waals surface area contributed by atoms with Crippen molar-refractivity contribution in [3.63, 3.8) is 0 Å². The highest BCUT2D eigenvalue weighted by atomic mass is 79.9. The lowest BCUT2D eigenvalue weighted by Gasteiger charge is -2.10. The maximum Gasteiger partial charge on any atom is 0.254 e. The highest BCUT2D eigenvalue weighted by Gasteiger charge is 2.07. The molecule has 2 N–H and O–H groups in total. The number of nitrogens with one attached hydrogen (secondary N) is 2. The zero-order valence-corrected chi connectivity index (χ0v) is 16.8. The fourth-order valence-corrected chi connectivity index (χ4v) is 3.25. The Morgan fingerprint density at radius 3 is 2.93 bits per heavy atom. The monoisotopic (exact) mass is 432 g/mol. The number of ether oxygens (including phenoxy) is 1. The molecule has 0 fully saturated rings. The molecule has 0 atom stereocenters. The number of amides is 1. The predicted octanol–water partition coefficient (Wildman–Crippen LogP) is 2.36. The van der Waals surface area contributed by atoms with E-state index in [2.05, 4.69) is 41.6 Å². The molecule has 0 saturated carbocycles. The van der Waals surface area contributed by atoms with Crippen LogP contribution in [-0.4, -0.2) is 45.7 Å². The average Bonchev–Trinajstić information content (AvgIpc) is 3.12. The molecule has 0 bridgehead atoms. The van der Waals surface area contributed by atoms with Crippen molar-refractivity contribution in [2.24, 2.45) is 0 Å². The molecule has 2 aromatic heterocycles. The van der Waals surface area contributed by atoms with Crippen LogP contribution in [-0.2, 0) is 11.2 Å². The predicted molar refractivity (Wildman–Crippen MR) is 106 cm³/mol. The van der Waals surface area contributed by atoms with E-state index in [1.54, 1.807) is 11.6 Å². The van der Waals surface area contributed by atoms with Gasteiger partial charge < -0.3 is 15.4 Å². The number of halogens is 1. The Morgan fingerprint density at radius 2 is 2.15 bits per heavy atom. The molecule has 0 radical (unpaired) electrons. The fourth-order valence-electron chi connectivity index (χ4n) is 2.66. The van der Waals surface area contributed by atoms with Crippen LogP contribution in [0.3, 0.4) is 0 Å². The minimum atomic E-state index is 0.0144. The maximum atomic E-state index is 12.0. The van der Waals surface area contributed by atoms with Crippen LogP contribution >= 0.6 is 15.9 Å².